The predicted octanol–water partition coefficient (Wildman–Crippen LogP) is 0.174. The van der Waals surface area contributed by atoms with Gasteiger partial charge >= 0.3 is 5.97 Å². The van der Waals surface area contributed by atoms with Gasteiger partial charge in [0.05, 0.1) is 13.7 Å². The van der Waals surface area contributed by atoms with E-state index in [1.807, 2.05) is 0 Å². The highest BCUT2D eigenvalue weighted by atomic mass is 16.5. The summed E-state index contributed by atoms with van der Waals surface area (Å²) in [6.45, 7) is 4.53. The van der Waals surface area contributed by atoms with Crippen LogP contribution in [0.4, 0.5) is 0 Å². The summed E-state index contributed by atoms with van der Waals surface area (Å²) < 4.78 is 10.2. The van der Waals surface area contributed by atoms with Crippen molar-refractivity contribution in [3.8, 4) is 0 Å². The summed E-state index contributed by atoms with van der Waals surface area (Å²) in [5, 5.41) is 3.24. The van der Waals surface area contributed by atoms with Crippen LogP contribution in [-0.4, -0.2) is 38.9 Å². The SMILES string of the molecule is COC(=O)C1NCC2COCCC21C. The lowest BCUT2D eigenvalue weighted by Crippen LogP contribution is -2.46. The minimum Gasteiger partial charge on any atom is -0.468 e. The van der Waals surface area contributed by atoms with Crippen molar-refractivity contribution in [3.63, 3.8) is 0 Å². The van der Waals surface area contributed by atoms with Gasteiger partial charge in [0, 0.05) is 24.5 Å². The molecule has 2 heterocycles. The molecule has 14 heavy (non-hydrogen) atoms. The molecule has 2 aliphatic rings. The number of nitrogens with one attached hydrogen (secondary N) is 1. The summed E-state index contributed by atoms with van der Waals surface area (Å²) in [5.41, 5.74) is 0.0192. The number of esters is 1. The van der Waals surface area contributed by atoms with Crippen LogP contribution >= 0.6 is 0 Å². The third-order valence-corrected chi connectivity index (χ3v) is 3.70. The second-order valence-electron chi connectivity index (χ2n) is 4.39. The van der Waals surface area contributed by atoms with E-state index in [1.54, 1.807) is 0 Å². The lowest BCUT2D eigenvalue weighted by atomic mass is 9.71. The summed E-state index contributed by atoms with van der Waals surface area (Å²) in [6, 6.07) is -0.151. The lowest BCUT2D eigenvalue weighted by molar-refractivity contribution is -0.147. The van der Waals surface area contributed by atoms with Crippen LogP contribution in [0.15, 0.2) is 0 Å². The van der Waals surface area contributed by atoms with Crippen LogP contribution in [-0.2, 0) is 14.3 Å². The molecule has 2 saturated heterocycles. The smallest absolute Gasteiger partial charge is 0.323 e. The van der Waals surface area contributed by atoms with Crippen molar-refractivity contribution in [2.45, 2.75) is 19.4 Å². The summed E-state index contributed by atoms with van der Waals surface area (Å²) in [7, 11) is 1.44. The van der Waals surface area contributed by atoms with Gasteiger partial charge in [0.15, 0.2) is 0 Å². The average Bonchev–Trinajstić information content (AvgIpc) is 2.54. The predicted molar refractivity (Wildman–Crippen MR) is 50.8 cm³/mol. The molecule has 2 rings (SSSR count). The quantitative estimate of drug-likeness (QED) is 0.612. The Morgan fingerprint density at radius 2 is 2.43 bits per heavy atom. The van der Waals surface area contributed by atoms with Gasteiger partial charge in [-0.2, -0.15) is 0 Å². The largest absolute Gasteiger partial charge is 0.468 e. The van der Waals surface area contributed by atoms with Crippen molar-refractivity contribution in [3.05, 3.63) is 0 Å². The van der Waals surface area contributed by atoms with E-state index in [1.165, 1.54) is 7.11 Å². The Hall–Kier alpha value is -0.610. The van der Waals surface area contributed by atoms with Crippen molar-refractivity contribution in [1.29, 1.82) is 0 Å². The Labute approximate surface area is 84.0 Å². The maximum atomic E-state index is 11.5. The molecule has 0 aliphatic carbocycles. The highest BCUT2D eigenvalue weighted by Crippen LogP contribution is 2.42. The molecule has 0 saturated carbocycles. The summed E-state index contributed by atoms with van der Waals surface area (Å²) in [4.78, 5) is 11.5. The van der Waals surface area contributed by atoms with Crippen LogP contribution in [0.2, 0.25) is 0 Å². The number of ether oxygens (including phenoxy) is 2. The first-order chi connectivity index (χ1) is 6.68. The number of hydrogen-bond donors (Lipinski definition) is 1. The zero-order valence-corrected chi connectivity index (χ0v) is 8.71. The fourth-order valence-electron chi connectivity index (χ4n) is 2.55. The number of methoxy groups -OCH3 is 1. The minimum atomic E-state index is -0.151. The van der Waals surface area contributed by atoms with Crippen LogP contribution < -0.4 is 5.32 Å². The molecule has 0 amide bonds. The van der Waals surface area contributed by atoms with Crippen LogP contribution in [0.3, 0.4) is 0 Å². The van der Waals surface area contributed by atoms with Gasteiger partial charge in [-0.3, -0.25) is 4.79 Å². The second kappa shape index (κ2) is 3.51. The standard InChI is InChI=1S/C10H17NO3/c1-10-3-4-14-6-7(10)5-11-8(10)9(12)13-2/h7-8,11H,3-6H2,1-2H3. The second-order valence-corrected chi connectivity index (χ2v) is 4.39. The average molecular weight is 199 g/mol. The maximum absolute atomic E-state index is 11.5. The first kappa shape index (κ1) is 9.93. The van der Waals surface area contributed by atoms with Crippen LogP contribution in [0.1, 0.15) is 13.3 Å². The van der Waals surface area contributed by atoms with Crippen molar-refractivity contribution < 1.29 is 14.3 Å². The zero-order valence-electron chi connectivity index (χ0n) is 8.71. The van der Waals surface area contributed by atoms with E-state index in [4.69, 9.17) is 9.47 Å². The highest BCUT2D eigenvalue weighted by Gasteiger charge is 2.51. The number of carbonyl (C=O) groups is 1. The number of fused-ring (bicyclic) bond motifs is 1. The fourth-order valence-corrected chi connectivity index (χ4v) is 2.55. The number of hydrogen-bond acceptors (Lipinski definition) is 4. The molecule has 0 aromatic rings. The molecule has 3 atom stereocenters. The number of rotatable bonds is 1. The first-order valence-electron chi connectivity index (χ1n) is 5.07. The van der Waals surface area contributed by atoms with Crippen molar-refractivity contribution >= 4 is 5.97 Å². The van der Waals surface area contributed by atoms with Crippen LogP contribution in [0, 0.1) is 11.3 Å². The fraction of sp³-hybridized carbons (Fsp3) is 0.900. The third-order valence-electron chi connectivity index (χ3n) is 3.70. The normalized spacial score (nSPS) is 41.9. The van der Waals surface area contributed by atoms with E-state index < -0.39 is 0 Å². The van der Waals surface area contributed by atoms with Gasteiger partial charge in [-0.25, -0.2) is 0 Å². The molecule has 80 valence electrons. The van der Waals surface area contributed by atoms with E-state index >= 15 is 0 Å². The molecule has 0 spiro atoms. The molecule has 2 aliphatic heterocycles. The summed E-state index contributed by atoms with van der Waals surface area (Å²) in [6.07, 6.45) is 0.935. The molecule has 3 unspecified atom stereocenters. The van der Waals surface area contributed by atoms with Gasteiger partial charge in [-0.1, -0.05) is 6.92 Å². The third kappa shape index (κ3) is 1.33. The van der Waals surface area contributed by atoms with Gasteiger partial charge in [0.2, 0.25) is 0 Å². The van der Waals surface area contributed by atoms with Gasteiger partial charge in [0.1, 0.15) is 6.04 Å². The molecule has 4 heteroatoms. The van der Waals surface area contributed by atoms with E-state index in [2.05, 4.69) is 12.2 Å². The molecule has 1 N–H and O–H groups in total. The summed E-state index contributed by atoms with van der Waals surface area (Å²) in [5.74, 6) is 0.303. The Bertz CT molecular complexity index is 244. The Kier molecular flexibility index (Phi) is 2.49. The van der Waals surface area contributed by atoms with Crippen molar-refractivity contribution in [2.24, 2.45) is 11.3 Å². The Balaban J connectivity index is 2.16. The molecular formula is C10H17NO3. The molecule has 0 aromatic carbocycles. The van der Waals surface area contributed by atoms with E-state index in [-0.39, 0.29) is 17.4 Å². The van der Waals surface area contributed by atoms with Crippen LogP contribution in [0.5, 0.6) is 0 Å². The maximum Gasteiger partial charge on any atom is 0.323 e. The van der Waals surface area contributed by atoms with Gasteiger partial charge < -0.3 is 14.8 Å². The van der Waals surface area contributed by atoms with Crippen LogP contribution in [0.25, 0.3) is 0 Å². The molecule has 0 bridgehead atoms. The first-order valence-corrected chi connectivity index (χ1v) is 5.07. The molecule has 0 aromatic heterocycles. The topological polar surface area (TPSA) is 47.6 Å². The molecular weight excluding hydrogens is 182 g/mol. The highest BCUT2D eigenvalue weighted by molar-refractivity contribution is 5.77. The molecule has 4 nitrogen and oxygen atoms in total. The van der Waals surface area contributed by atoms with Crippen molar-refractivity contribution in [2.75, 3.05) is 26.9 Å². The van der Waals surface area contributed by atoms with Crippen molar-refractivity contribution in [1.82, 2.24) is 5.32 Å². The van der Waals surface area contributed by atoms with E-state index in [9.17, 15) is 4.79 Å². The van der Waals surface area contributed by atoms with E-state index in [0.717, 1.165) is 26.2 Å². The Morgan fingerprint density at radius 3 is 3.14 bits per heavy atom. The molecule has 2 fully saturated rings. The summed E-state index contributed by atoms with van der Waals surface area (Å²) >= 11 is 0. The minimum absolute atomic E-state index is 0.0192. The molecule has 0 radical (unpaired) electrons. The lowest BCUT2D eigenvalue weighted by Gasteiger charge is -2.38. The number of carbonyl (C=O) groups excluding carboxylic acids is 1. The van der Waals surface area contributed by atoms with Gasteiger partial charge in [-0.15, -0.1) is 0 Å². The van der Waals surface area contributed by atoms with Gasteiger partial charge in [-0.05, 0) is 6.42 Å². The zero-order chi connectivity index (χ0) is 10.2. The van der Waals surface area contributed by atoms with Gasteiger partial charge in [0.25, 0.3) is 0 Å². The Morgan fingerprint density at radius 1 is 1.64 bits per heavy atom. The monoisotopic (exact) mass is 199 g/mol. The van der Waals surface area contributed by atoms with E-state index in [0.29, 0.717) is 5.92 Å².